The fraction of sp³-hybridized carbons (Fsp3) is 0.875. The number of rotatable bonds is 0. The maximum Gasteiger partial charge on any atom is 0.134 e. The molecule has 0 amide bonds. The second-order valence-electron chi connectivity index (χ2n) is 3.93. The SMILES string of the molecule is O=C1CC2(CCN(P)CC2)C1. The van der Waals surface area contributed by atoms with Gasteiger partial charge in [-0.1, -0.05) is 9.39 Å². The number of carbonyl (C=O) groups is 1. The van der Waals surface area contributed by atoms with E-state index in [-0.39, 0.29) is 0 Å². The zero-order valence-electron chi connectivity index (χ0n) is 6.68. The van der Waals surface area contributed by atoms with E-state index in [1.165, 1.54) is 12.8 Å². The summed E-state index contributed by atoms with van der Waals surface area (Å²) in [6.07, 6.45) is 4.18. The Bertz CT molecular complexity index is 175. The predicted octanol–water partition coefficient (Wildman–Crippen LogP) is 1.22. The van der Waals surface area contributed by atoms with E-state index in [0.717, 1.165) is 25.9 Å². The van der Waals surface area contributed by atoms with Crippen LogP contribution in [-0.4, -0.2) is 23.5 Å². The van der Waals surface area contributed by atoms with Crippen molar-refractivity contribution in [2.24, 2.45) is 5.41 Å². The largest absolute Gasteiger partial charge is 0.300 e. The third-order valence-corrected chi connectivity index (χ3v) is 3.52. The monoisotopic (exact) mass is 171 g/mol. The Balaban J connectivity index is 1.92. The van der Waals surface area contributed by atoms with Gasteiger partial charge in [-0.3, -0.25) is 9.46 Å². The molecule has 1 saturated heterocycles. The molecule has 1 aliphatic heterocycles. The van der Waals surface area contributed by atoms with Crippen molar-refractivity contribution in [3.63, 3.8) is 0 Å². The summed E-state index contributed by atoms with van der Waals surface area (Å²) in [6.45, 7) is 2.30. The first-order chi connectivity index (χ1) is 5.20. The summed E-state index contributed by atoms with van der Waals surface area (Å²) in [7, 11) is 2.74. The molecule has 2 aliphatic rings. The average Bonchev–Trinajstić information content (AvgIpc) is 1.92. The highest BCUT2D eigenvalue weighted by molar-refractivity contribution is 7.13. The molecule has 1 aliphatic carbocycles. The lowest BCUT2D eigenvalue weighted by atomic mass is 9.63. The molecular weight excluding hydrogens is 157 g/mol. The van der Waals surface area contributed by atoms with Crippen LogP contribution in [0.15, 0.2) is 0 Å². The molecule has 2 nitrogen and oxygen atoms in total. The zero-order chi connectivity index (χ0) is 7.90. The molecule has 0 radical (unpaired) electrons. The van der Waals surface area contributed by atoms with Gasteiger partial charge >= 0.3 is 0 Å². The van der Waals surface area contributed by atoms with Gasteiger partial charge in [0, 0.05) is 25.9 Å². The third kappa shape index (κ3) is 1.34. The maximum absolute atomic E-state index is 10.8. The Hall–Kier alpha value is 0.0600. The molecule has 62 valence electrons. The van der Waals surface area contributed by atoms with Gasteiger partial charge in [0.05, 0.1) is 0 Å². The number of hydrogen-bond donors (Lipinski definition) is 0. The molecule has 1 spiro atoms. The standard InChI is InChI=1S/C8H14NOP/c10-7-5-8(6-7)1-3-9(11)4-2-8/h1-6,11H2. The lowest BCUT2D eigenvalue weighted by Gasteiger charge is -2.45. The van der Waals surface area contributed by atoms with Gasteiger partial charge < -0.3 is 0 Å². The second-order valence-corrected chi connectivity index (χ2v) is 4.66. The van der Waals surface area contributed by atoms with Crippen LogP contribution in [0.3, 0.4) is 0 Å². The van der Waals surface area contributed by atoms with Crippen LogP contribution in [0.25, 0.3) is 0 Å². The van der Waals surface area contributed by atoms with Crippen molar-refractivity contribution in [3.8, 4) is 0 Å². The van der Waals surface area contributed by atoms with Gasteiger partial charge in [-0.05, 0) is 18.3 Å². The lowest BCUT2D eigenvalue weighted by molar-refractivity contribution is -0.134. The van der Waals surface area contributed by atoms with Crippen LogP contribution in [0.4, 0.5) is 0 Å². The molecule has 1 saturated carbocycles. The van der Waals surface area contributed by atoms with E-state index in [1.807, 2.05) is 0 Å². The fourth-order valence-corrected chi connectivity index (χ4v) is 2.39. The molecule has 2 rings (SSSR count). The molecule has 0 bridgehead atoms. The highest BCUT2D eigenvalue weighted by Crippen LogP contribution is 2.46. The van der Waals surface area contributed by atoms with E-state index in [2.05, 4.69) is 14.1 Å². The highest BCUT2D eigenvalue weighted by atomic mass is 31.0. The number of nitrogens with zero attached hydrogens (tertiary/aromatic N) is 1. The molecule has 1 heterocycles. The molecular formula is C8H14NOP. The second kappa shape index (κ2) is 2.53. The minimum atomic E-state index is 0.449. The summed E-state index contributed by atoms with van der Waals surface area (Å²) in [6, 6.07) is 0. The van der Waals surface area contributed by atoms with Crippen molar-refractivity contribution >= 4 is 15.2 Å². The Labute approximate surface area is 69.6 Å². The molecule has 3 heteroatoms. The van der Waals surface area contributed by atoms with Crippen LogP contribution < -0.4 is 0 Å². The minimum Gasteiger partial charge on any atom is -0.300 e. The fourth-order valence-electron chi connectivity index (χ4n) is 2.14. The van der Waals surface area contributed by atoms with E-state index in [4.69, 9.17) is 0 Å². The quantitative estimate of drug-likeness (QED) is 0.511. The van der Waals surface area contributed by atoms with Crippen molar-refractivity contribution in [1.29, 1.82) is 0 Å². The Morgan fingerprint density at radius 2 is 1.82 bits per heavy atom. The smallest absolute Gasteiger partial charge is 0.134 e. The molecule has 0 aromatic heterocycles. The topological polar surface area (TPSA) is 20.3 Å². The summed E-state index contributed by atoms with van der Waals surface area (Å²) < 4.78 is 2.27. The molecule has 0 aromatic carbocycles. The molecule has 1 atom stereocenters. The van der Waals surface area contributed by atoms with Crippen LogP contribution in [0.1, 0.15) is 25.7 Å². The average molecular weight is 171 g/mol. The minimum absolute atomic E-state index is 0.449. The van der Waals surface area contributed by atoms with Gasteiger partial charge in [-0.25, -0.2) is 0 Å². The number of ketones is 1. The van der Waals surface area contributed by atoms with Crippen LogP contribution >= 0.6 is 9.39 Å². The number of Topliss-reactive ketones (excluding diaryl/α,β-unsaturated/α-hetero) is 1. The molecule has 11 heavy (non-hydrogen) atoms. The molecule has 0 N–H and O–H groups in total. The van der Waals surface area contributed by atoms with E-state index in [0.29, 0.717) is 11.2 Å². The van der Waals surface area contributed by atoms with E-state index in [9.17, 15) is 4.79 Å². The predicted molar refractivity (Wildman–Crippen MR) is 47.2 cm³/mol. The Morgan fingerprint density at radius 1 is 1.27 bits per heavy atom. The lowest BCUT2D eigenvalue weighted by Crippen LogP contribution is -2.44. The van der Waals surface area contributed by atoms with Gasteiger partial charge in [0.25, 0.3) is 0 Å². The van der Waals surface area contributed by atoms with Crippen molar-refractivity contribution in [2.75, 3.05) is 13.1 Å². The Morgan fingerprint density at radius 3 is 2.27 bits per heavy atom. The van der Waals surface area contributed by atoms with Gasteiger partial charge in [0.1, 0.15) is 5.78 Å². The van der Waals surface area contributed by atoms with E-state index in [1.54, 1.807) is 0 Å². The summed E-state index contributed by atoms with van der Waals surface area (Å²) in [5, 5.41) is 0. The van der Waals surface area contributed by atoms with Crippen molar-refractivity contribution in [1.82, 2.24) is 4.67 Å². The van der Waals surface area contributed by atoms with Crippen LogP contribution in [-0.2, 0) is 4.79 Å². The number of hydrogen-bond acceptors (Lipinski definition) is 2. The molecule has 0 aromatic rings. The van der Waals surface area contributed by atoms with Gasteiger partial charge in [-0.15, -0.1) is 0 Å². The summed E-state index contributed by atoms with van der Waals surface area (Å²) in [5.74, 6) is 0.474. The number of carbonyl (C=O) groups excluding carboxylic acids is 1. The van der Waals surface area contributed by atoms with Crippen LogP contribution in [0.5, 0.6) is 0 Å². The van der Waals surface area contributed by atoms with Gasteiger partial charge in [0.15, 0.2) is 0 Å². The van der Waals surface area contributed by atoms with Crippen molar-refractivity contribution < 1.29 is 4.79 Å². The van der Waals surface area contributed by atoms with Crippen LogP contribution in [0, 0.1) is 5.41 Å². The van der Waals surface area contributed by atoms with Crippen LogP contribution in [0.2, 0.25) is 0 Å². The first-order valence-electron chi connectivity index (χ1n) is 4.22. The van der Waals surface area contributed by atoms with Crippen molar-refractivity contribution in [3.05, 3.63) is 0 Å². The summed E-state index contributed by atoms with van der Waals surface area (Å²) in [5.41, 5.74) is 0.449. The van der Waals surface area contributed by atoms with Gasteiger partial charge in [0.2, 0.25) is 0 Å². The Kier molecular flexibility index (Phi) is 1.77. The first-order valence-corrected chi connectivity index (χ1v) is 4.73. The highest BCUT2D eigenvalue weighted by Gasteiger charge is 2.44. The number of piperidine rings is 1. The zero-order valence-corrected chi connectivity index (χ0v) is 7.83. The van der Waals surface area contributed by atoms with Gasteiger partial charge in [-0.2, -0.15) is 0 Å². The maximum atomic E-state index is 10.8. The summed E-state index contributed by atoms with van der Waals surface area (Å²) in [4.78, 5) is 10.8. The molecule has 1 unspecified atom stereocenters. The molecule has 2 fully saturated rings. The third-order valence-electron chi connectivity index (χ3n) is 3.00. The van der Waals surface area contributed by atoms with Crippen molar-refractivity contribution in [2.45, 2.75) is 25.7 Å². The normalized spacial score (nSPS) is 30.5. The van der Waals surface area contributed by atoms with E-state index >= 15 is 0 Å². The van der Waals surface area contributed by atoms with E-state index < -0.39 is 0 Å². The first kappa shape index (κ1) is 7.70. The summed E-state index contributed by atoms with van der Waals surface area (Å²) >= 11 is 0.